The van der Waals surface area contributed by atoms with Gasteiger partial charge in [0.1, 0.15) is 5.76 Å². The van der Waals surface area contributed by atoms with Crippen LogP contribution in [0, 0.1) is 0 Å². The van der Waals surface area contributed by atoms with Crippen molar-refractivity contribution in [1.82, 2.24) is 9.88 Å². The van der Waals surface area contributed by atoms with E-state index in [0.29, 0.717) is 19.6 Å². The number of hydrogen-bond acceptors (Lipinski definition) is 4. The molecule has 0 saturated carbocycles. The largest absolute Gasteiger partial charge is 0.468 e. The number of aliphatic hydroxyl groups is 1. The number of rotatable bonds is 7. The molecule has 0 amide bonds. The summed E-state index contributed by atoms with van der Waals surface area (Å²) in [4.78, 5) is 6.32. The first kappa shape index (κ1) is 15.5. The van der Waals surface area contributed by atoms with Crippen molar-refractivity contribution in [2.45, 2.75) is 19.2 Å². The summed E-state index contributed by atoms with van der Waals surface area (Å²) in [5, 5.41) is 10.5. The molecule has 1 aromatic carbocycles. The SMILES string of the molecule is OC(CN(Cc1cccnc1)Cc1ccco1)c1ccccc1. The molecular weight excluding hydrogens is 288 g/mol. The standard InChI is InChI=1S/C19H20N2O2/c22-19(17-7-2-1-3-8-17)15-21(14-18-9-5-11-23-18)13-16-6-4-10-20-12-16/h1-12,19,22H,13-15H2. The second-order valence-electron chi connectivity index (χ2n) is 5.54. The molecule has 1 unspecified atom stereocenters. The molecule has 0 radical (unpaired) electrons. The maximum absolute atomic E-state index is 10.5. The monoisotopic (exact) mass is 308 g/mol. The smallest absolute Gasteiger partial charge is 0.117 e. The predicted molar refractivity (Wildman–Crippen MR) is 88.5 cm³/mol. The highest BCUT2D eigenvalue weighted by molar-refractivity contribution is 5.18. The van der Waals surface area contributed by atoms with Crippen molar-refractivity contribution in [2.24, 2.45) is 0 Å². The van der Waals surface area contributed by atoms with Crippen molar-refractivity contribution in [3.63, 3.8) is 0 Å². The summed E-state index contributed by atoms with van der Waals surface area (Å²) >= 11 is 0. The van der Waals surface area contributed by atoms with Crippen LogP contribution < -0.4 is 0 Å². The van der Waals surface area contributed by atoms with Crippen molar-refractivity contribution in [3.05, 3.63) is 90.1 Å². The van der Waals surface area contributed by atoms with Gasteiger partial charge in [-0.1, -0.05) is 36.4 Å². The third-order valence-corrected chi connectivity index (χ3v) is 3.70. The molecule has 0 saturated heterocycles. The number of nitrogens with zero attached hydrogens (tertiary/aromatic N) is 2. The molecule has 3 rings (SSSR count). The number of aromatic nitrogens is 1. The van der Waals surface area contributed by atoms with Crippen LogP contribution in [-0.4, -0.2) is 21.5 Å². The molecule has 0 fully saturated rings. The molecular formula is C19H20N2O2. The summed E-state index contributed by atoms with van der Waals surface area (Å²) in [7, 11) is 0. The Labute approximate surface area is 136 Å². The van der Waals surface area contributed by atoms with E-state index in [1.54, 1.807) is 12.5 Å². The van der Waals surface area contributed by atoms with E-state index in [1.807, 2.05) is 60.8 Å². The Balaban J connectivity index is 1.71. The lowest BCUT2D eigenvalue weighted by Gasteiger charge is -2.24. The Hall–Kier alpha value is -2.43. The first-order chi connectivity index (χ1) is 11.3. The Morgan fingerprint density at radius 2 is 1.87 bits per heavy atom. The van der Waals surface area contributed by atoms with Crippen LogP contribution in [0.3, 0.4) is 0 Å². The van der Waals surface area contributed by atoms with Crippen molar-refractivity contribution in [1.29, 1.82) is 0 Å². The molecule has 118 valence electrons. The van der Waals surface area contributed by atoms with Gasteiger partial charge >= 0.3 is 0 Å². The van der Waals surface area contributed by atoms with E-state index in [9.17, 15) is 5.11 Å². The van der Waals surface area contributed by atoms with E-state index < -0.39 is 6.10 Å². The number of aliphatic hydroxyl groups excluding tert-OH is 1. The average Bonchev–Trinajstić information content (AvgIpc) is 3.09. The molecule has 0 aliphatic rings. The van der Waals surface area contributed by atoms with Crippen molar-refractivity contribution < 1.29 is 9.52 Å². The van der Waals surface area contributed by atoms with Crippen LogP contribution in [0.2, 0.25) is 0 Å². The van der Waals surface area contributed by atoms with E-state index >= 15 is 0 Å². The quantitative estimate of drug-likeness (QED) is 0.726. The maximum atomic E-state index is 10.5. The zero-order valence-corrected chi connectivity index (χ0v) is 12.9. The highest BCUT2D eigenvalue weighted by Gasteiger charge is 2.15. The zero-order valence-electron chi connectivity index (χ0n) is 12.9. The molecule has 23 heavy (non-hydrogen) atoms. The van der Waals surface area contributed by atoms with Crippen LogP contribution in [0.25, 0.3) is 0 Å². The minimum absolute atomic E-state index is 0.527. The normalized spacial score (nSPS) is 12.4. The van der Waals surface area contributed by atoms with Crippen LogP contribution in [0.4, 0.5) is 0 Å². The van der Waals surface area contributed by atoms with E-state index in [0.717, 1.165) is 16.9 Å². The number of hydrogen-bond donors (Lipinski definition) is 1. The van der Waals surface area contributed by atoms with Gasteiger partial charge in [0, 0.05) is 25.5 Å². The molecule has 0 bridgehead atoms. The van der Waals surface area contributed by atoms with Gasteiger partial charge in [-0.25, -0.2) is 0 Å². The summed E-state index contributed by atoms with van der Waals surface area (Å²) in [6, 6.07) is 17.5. The molecule has 2 aromatic heterocycles. The average molecular weight is 308 g/mol. The fourth-order valence-electron chi connectivity index (χ4n) is 2.58. The lowest BCUT2D eigenvalue weighted by Crippen LogP contribution is -2.28. The third-order valence-electron chi connectivity index (χ3n) is 3.70. The van der Waals surface area contributed by atoms with E-state index in [2.05, 4.69) is 9.88 Å². The Morgan fingerprint density at radius 3 is 2.57 bits per heavy atom. The lowest BCUT2D eigenvalue weighted by molar-refractivity contribution is 0.100. The van der Waals surface area contributed by atoms with Crippen LogP contribution in [0.5, 0.6) is 0 Å². The molecule has 3 aromatic rings. The van der Waals surface area contributed by atoms with Gasteiger partial charge in [0.2, 0.25) is 0 Å². The molecule has 0 aliphatic carbocycles. The predicted octanol–water partition coefficient (Wildman–Crippen LogP) is 3.41. The molecule has 4 nitrogen and oxygen atoms in total. The number of pyridine rings is 1. The van der Waals surface area contributed by atoms with Gasteiger partial charge in [0.05, 0.1) is 18.9 Å². The summed E-state index contributed by atoms with van der Waals surface area (Å²) < 4.78 is 5.45. The van der Waals surface area contributed by atoms with Gasteiger partial charge in [-0.3, -0.25) is 9.88 Å². The number of furan rings is 1. The van der Waals surface area contributed by atoms with Gasteiger partial charge in [-0.2, -0.15) is 0 Å². The van der Waals surface area contributed by atoms with Gasteiger partial charge < -0.3 is 9.52 Å². The highest BCUT2D eigenvalue weighted by atomic mass is 16.3. The van der Waals surface area contributed by atoms with Crippen molar-refractivity contribution in [3.8, 4) is 0 Å². The van der Waals surface area contributed by atoms with Crippen molar-refractivity contribution in [2.75, 3.05) is 6.54 Å². The minimum Gasteiger partial charge on any atom is -0.468 e. The molecule has 0 spiro atoms. The molecule has 1 atom stereocenters. The first-order valence-electron chi connectivity index (χ1n) is 7.68. The Kier molecular flexibility index (Phi) is 5.19. The van der Waals surface area contributed by atoms with Crippen molar-refractivity contribution >= 4 is 0 Å². The Morgan fingerprint density at radius 1 is 1.00 bits per heavy atom. The fraction of sp³-hybridized carbons (Fsp3) is 0.211. The second-order valence-corrected chi connectivity index (χ2v) is 5.54. The highest BCUT2D eigenvalue weighted by Crippen LogP contribution is 2.17. The Bertz CT molecular complexity index is 684. The number of benzene rings is 1. The summed E-state index contributed by atoms with van der Waals surface area (Å²) in [6.45, 7) is 1.88. The van der Waals surface area contributed by atoms with Crippen LogP contribution in [-0.2, 0) is 13.1 Å². The topological polar surface area (TPSA) is 49.5 Å². The second kappa shape index (κ2) is 7.72. The summed E-state index contributed by atoms with van der Waals surface area (Å²) in [5.74, 6) is 0.883. The summed E-state index contributed by atoms with van der Waals surface area (Å²) in [5.41, 5.74) is 2.03. The van der Waals surface area contributed by atoms with E-state index in [1.165, 1.54) is 0 Å². The summed E-state index contributed by atoms with van der Waals surface area (Å²) in [6.07, 6.45) is 4.75. The van der Waals surface area contributed by atoms with Gasteiger partial charge in [-0.15, -0.1) is 0 Å². The van der Waals surface area contributed by atoms with E-state index in [-0.39, 0.29) is 0 Å². The minimum atomic E-state index is -0.539. The lowest BCUT2D eigenvalue weighted by atomic mass is 10.1. The third kappa shape index (κ3) is 4.52. The van der Waals surface area contributed by atoms with Crippen LogP contribution >= 0.6 is 0 Å². The van der Waals surface area contributed by atoms with Gasteiger partial charge in [-0.05, 0) is 29.3 Å². The zero-order chi connectivity index (χ0) is 15.9. The maximum Gasteiger partial charge on any atom is 0.117 e. The van der Waals surface area contributed by atoms with Gasteiger partial charge in [0.25, 0.3) is 0 Å². The fourth-order valence-corrected chi connectivity index (χ4v) is 2.58. The molecule has 1 N–H and O–H groups in total. The van der Waals surface area contributed by atoms with Crippen LogP contribution in [0.15, 0.2) is 77.7 Å². The van der Waals surface area contributed by atoms with E-state index in [4.69, 9.17) is 4.42 Å². The first-order valence-corrected chi connectivity index (χ1v) is 7.68. The molecule has 0 aliphatic heterocycles. The molecule has 4 heteroatoms. The molecule has 2 heterocycles. The van der Waals surface area contributed by atoms with Crippen LogP contribution in [0.1, 0.15) is 23.0 Å². The van der Waals surface area contributed by atoms with Gasteiger partial charge in [0.15, 0.2) is 0 Å².